The second kappa shape index (κ2) is 9.90. The Bertz CT molecular complexity index is 829. The highest BCUT2D eigenvalue weighted by atomic mass is 16.5. The normalized spacial score (nSPS) is 10.7. The Kier molecular flexibility index (Phi) is 7.27. The average Bonchev–Trinajstić information content (AvgIpc) is 2.66. The van der Waals surface area contributed by atoms with Crippen molar-refractivity contribution in [3.63, 3.8) is 0 Å². The molecule has 3 heteroatoms. The molecule has 2 aromatic carbocycles. The molecule has 0 aliphatic heterocycles. The summed E-state index contributed by atoms with van der Waals surface area (Å²) in [5.74, 6) is 1.35. The van der Waals surface area contributed by atoms with Crippen molar-refractivity contribution < 1.29 is 9.47 Å². The van der Waals surface area contributed by atoms with Gasteiger partial charge in [0.2, 0.25) is 0 Å². The van der Waals surface area contributed by atoms with Crippen molar-refractivity contribution in [2.45, 2.75) is 13.3 Å². The zero-order chi connectivity index (χ0) is 18.8. The van der Waals surface area contributed by atoms with Crippen LogP contribution in [-0.2, 0) is 6.42 Å². The maximum Gasteiger partial charge on any atom is 0.165 e. The van der Waals surface area contributed by atoms with Crippen LogP contribution in [0, 0.1) is 11.3 Å². The SMILES string of the molecule is C=CCOc1c(CC=C)cc(/C=C(\C#N)c2ccccc2)cc1OCC. The molecular formula is C23H23NO2. The first kappa shape index (κ1) is 19.1. The monoisotopic (exact) mass is 345 g/mol. The number of nitriles is 1. The van der Waals surface area contributed by atoms with Crippen LogP contribution in [0.4, 0.5) is 0 Å². The summed E-state index contributed by atoms with van der Waals surface area (Å²) in [6, 6.07) is 15.8. The molecule has 0 radical (unpaired) electrons. The molecule has 0 aliphatic rings. The van der Waals surface area contributed by atoms with Crippen LogP contribution in [0.2, 0.25) is 0 Å². The van der Waals surface area contributed by atoms with Crippen molar-refractivity contribution in [1.82, 2.24) is 0 Å². The van der Waals surface area contributed by atoms with E-state index < -0.39 is 0 Å². The van der Waals surface area contributed by atoms with Gasteiger partial charge in [0.05, 0.1) is 18.2 Å². The van der Waals surface area contributed by atoms with Gasteiger partial charge in [-0.15, -0.1) is 6.58 Å². The highest BCUT2D eigenvalue weighted by Crippen LogP contribution is 2.35. The molecule has 2 aromatic rings. The number of allylic oxidation sites excluding steroid dienone is 2. The van der Waals surface area contributed by atoms with Crippen LogP contribution in [0.3, 0.4) is 0 Å². The van der Waals surface area contributed by atoms with Crippen LogP contribution in [-0.4, -0.2) is 13.2 Å². The maximum atomic E-state index is 9.56. The summed E-state index contributed by atoms with van der Waals surface area (Å²) in [7, 11) is 0. The minimum atomic E-state index is 0.396. The predicted molar refractivity (Wildman–Crippen MR) is 107 cm³/mol. The lowest BCUT2D eigenvalue weighted by Gasteiger charge is -2.16. The number of rotatable bonds is 9. The molecular weight excluding hydrogens is 322 g/mol. The van der Waals surface area contributed by atoms with Crippen molar-refractivity contribution in [2.24, 2.45) is 0 Å². The zero-order valence-electron chi connectivity index (χ0n) is 15.1. The number of ether oxygens (including phenoxy) is 2. The van der Waals surface area contributed by atoms with E-state index in [4.69, 9.17) is 9.47 Å². The fourth-order valence-corrected chi connectivity index (χ4v) is 2.61. The predicted octanol–water partition coefficient (Wildman–Crippen LogP) is 5.44. The fourth-order valence-electron chi connectivity index (χ4n) is 2.61. The molecule has 0 saturated carbocycles. The molecule has 0 bridgehead atoms. The summed E-state index contributed by atoms with van der Waals surface area (Å²) in [6.45, 7) is 10.4. The van der Waals surface area contributed by atoms with E-state index in [-0.39, 0.29) is 0 Å². The third-order valence-electron chi connectivity index (χ3n) is 3.68. The van der Waals surface area contributed by atoms with Gasteiger partial charge >= 0.3 is 0 Å². The van der Waals surface area contributed by atoms with E-state index in [0.29, 0.717) is 36.7 Å². The first-order valence-corrected chi connectivity index (χ1v) is 8.55. The highest BCUT2D eigenvalue weighted by Gasteiger charge is 2.13. The summed E-state index contributed by atoms with van der Waals surface area (Å²) in [5, 5.41) is 9.56. The van der Waals surface area contributed by atoms with Crippen molar-refractivity contribution in [3.8, 4) is 17.6 Å². The molecule has 0 heterocycles. The van der Waals surface area contributed by atoms with Gasteiger partial charge in [0.25, 0.3) is 0 Å². The number of nitrogens with zero attached hydrogens (tertiary/aromatic N) is 1. The Morgan fingerprint density at radius 2 is 1.88 bits per heavy atom. The highest BCUT2D eigenvalue weighted by molar-refractivity contribution is 5.90. The van der Waals surface area contributed by atoms with E-state index in [2.05, 4.69) is 19.2 Å². The van der Waals surface area contributed by atoms with Gasteiger partial charge in [-0.05, 0) is 42.7 Å². The first-order valence-electron chi connectivity index (χ1n) is 8.55. The third kappa shape index (κ3) is 4.87. The average molecular weight is 345 g/mol. The van der Waals surface area contributed by atoms with Crippen LogP contribution < -0.4 is 9.47 Å². The van der Waals surface area contributed by atoms with Gasteiger partial charge in [0.1, 0.15) is 6.61 Å². The standard InChI is InChI=1S/C23H23NO2/c1-4-10-20-14-18(15-21(17-24)19-11-8-7-9-12-19)16-22(25-6-3)23(20)26-13-5-2/h4-5,7-9,11-12,14-16H,1-2,6,10,13H2,3H3/b21-15+. The van der Waals surface area contributed by atoms with Gasteiger partial charge in [0, 0.05) is 5.56 Å². The van der Waals surface area contributed by atoms with Crippen LogP contribution in [0.25, 0.3) is 11.6 Å². The van der Waals surface area contributed by atoms with E-state index in [1.165, 1.54) is 0 Å². The topological polar surface area (TPSA) is 42.2 Å². The molecule has 3 nitrogen and oxygen atoms in total. The second-order valence-electron chi connectivity index (χ2n) is 5.57. The molecule has 0 aromatic heterocycles. The lowest BCUT2D eigenvalue weighted by Crippen LogP contribution is -2.03. The molecule has 0 spiro atoms. The Labute approximate surface area is 155 Å². The molecule has 0 atom stereocenters. The van der Waals surface area contributed by atoms with Crippen LogP contribution in [0.5, 0.6) is 11.5 Å². The lowest BCUT2D eigenvalue weighted by atomic mass is 10.0. The molecule has 0 aliphatic carbocycles. The molecule has 0 N–H and O–H groups in total. The molecule has 26 heavy (non-hydrogen) atoms. The van der Waals surface area contributed by atoms with Crippen molar-refractivity contribution in [1.29, 1.82) is 5.26 Å². The molecule has 0 saturated heterocycles. The van der Waals surface area contributed by atoms with E-state index in [1.807, 2.05) is 61.5 Å². The second-order valence-corrected chi connectivity index (χ2v) is 5.57. The van der Waals surface area contributed by atoms with Crippen molar-refractivity contribution in [2.75, 3.05) is 13.2 Å². The maximum absolute atomic E-state index is 9.56. The first-order chi connectivity index (χ1) is 12.7. The largest absolute Gasteiger partial charge is 0.490 e. The summed E-state index contributed by atoms with van der Waals surface area (Å²) < 4.78 is 11.6. The zero-order valence-corrected chi connectivity index (χ0v) is 15.1. The van der Waals surface area contributed by atoms with Crippen LogP contribution in [0.15, 0.2) is 67.8 Å². The van der Waals surface area contributed by atoms with Crippen LogP contribution in [0.1, 0.15) is 23.6 Å². The number of benzene rings is 2. The summed E-state index contributed by atoms with van der Waals surface area (Å²) in [4.78, 5) is 0. The summed E-state index contributed by atoms with van der Waals surface area (Å²) in [6.07, 6.45) is 6.02. The van der Waals surface area contributed by atoms with E-state index in [1.54, 1.807) is 6.08 Å². The Hall–Kier alpha value is -3.25. The fraction of sp³-hybridized carbons (Fsp3) is 0.174. The van der Waals surface area contributed by atoms with Gasteiger partial charge in [0.15, 0.2) is 11.5 Å². The van der Waals surface area contributed by atoms with Gasteiger partial charge in [-0.1, -0.05) is 49.1 Å². The minimum Gasteiger partial charge on any atom is -0.490 e. The van der Waals surface area contributed by atoms with Crippen molar-refractivity contribution in [3.05, 3.63) is 84.5 Å². The summed E-state index contributed by atoms with van der Waals surface area (Å²) in [5.41, 5.74) is 3.32. The lowest BCUT2D eigenvalue weighted by molar-refractivity contribution is 0.295. The van der Waals surface area contributed by atoms with Gasteiger partial charge in [-0.2, -0.15) is 5.26 Å². The van der Waals surface area contributed by atoms with E-state index >= 15 is 0 Å². The minimum absolute atomic E-state index is 0.396. The molecule has 2 rings (SSSR count). The number of hydrogen-bond acceptors (Lipinski definition) is 3. The third-order valence-corrected chi connectivity index (χ3v) is 3.68. The number of hydrogen-bond donors (Lipinski definition) is 0. The van der Waals surface area contributed by atoms with E-state index in [0.717, 1.165) is 16.7 Å². The molecule has 0 unspecified atom stereocenters. The Morgan fingerprint density at radius 1 is 1.12 bits per heavy atom. The van der Waals surface area contributed by atoms with Gasteiger partial charge < -0.3 is 9.47 Å². The van der Waals surface area contributed by atoms with Gasteiger partial charge in [-0.25, -0.2) is 0 Å². The van der Waals surface area contributed by atoms with Gasteiger partial charge in [-0.3, -0.25) is 0 Å². The van der Waals surface area contributed by atoms with E-state index in [9.17, 15) is 5.26 Å². The Morgan fingerprint density at radius 3 is 2.50 bits per heavy atom. The Balaban J connectivity index is 2.54. The molecule has 132 valence electrons. The smallest absolute Gasteiger partial charge is 0.165 e. The van der Waals surface area contributed by atoms with Crippen molar-refractivity contribution >= 4 is 11.6 Å². The quantitative estimate of drug-likeness (QED) is 0.345. The van der Waals surface area contributed by atoms with Crippen LogP contribution >= 0.6 is 0 Å². The molecule has 0 amide bonds. The summed E-state index contributed by atoms with van der Waals surface area (Å²) >= 11 is 0. The molecule has 0 fully saturated rings.